The van der Waals surface area contributed by atoms with Crippen molar-refractivity contribution in [2.24, 2.45) is 7.05 Å². The normalized spacial score (nSPS) is 14.5. The minimum Gasteiger partial charge on any atom is -0.354 e. The van der Waals surface area contributed by atoms with E-state index < -0.39 is 0 Å². The molecule has 0 aliphatic carbocycles. The first kappa shape index (κ1) is 21.0. The minimum atomic E-state index is -0.117. The van der Waals surface area contributed by atoms with E-state index in [1.807, 2.05) is 37.5 Å². The molecular formula is C24H26N8O. The first-order chi connectivity index (χ1) is 16.0. The van der Waals surface area contributed by atoms with Gasteiger partial charge in [-0.3, -0.25) is 14.5 Å². The van der Waals surface area contributed by atoms with E-state index in [4.69, 9.17) is 0 Å². The molecule has 0 aromatic carbocycles. The predicted molar refractivity (Wildman–Crippen MR) is 128 cm³/mol. The van der Waals surface area contributed by atoms with Crippen LogP contribution in [0.2, 0.25) is 0 Å². The summed E-state index contributed by atoms with van der Waals surface area (Å²) in [4.78, 5) is 30.6. The van der Waals surface area contributed by atoms with E-state index in [1.165, 1.54) is 0 Å². The molecule has 0 atom stereocenters. The highest BCUT2D eigenvalue weighted by atomic mass is 16.1. The minimum absolute atomic E-state index is 0.117. The van der Waals surface area contributed by atoms with E-state index in [0.717, 1.165) is 59.6 Å². The summed E-state index contributed by atoms with van der Waals surface area (Å²) in [5.74, 6) is 1.31. The third-order valence-electron chi connectivity index (χ3n) is 5.88. The zero-order chi connectivity index (χ0) is 22.8. The number of anilines is 2. The Balaban J connectivity index is 1.28. The molecule has 0 unspecified atom stereocenters. The van der Waals surface area contributed by atoms with E-state index in [2.05, 4.69) is 42.2 Å². The van der Waals surface area contributed by atoms with Crippen molar-refractivity contribution in [1.29, 1.82) is 0 Å². The van der Waals surface area contributed by atoms with Gasteiger partial charge in [-0.05, 0) is 36.9 Å². The topological polar surface area (TPSA) is 92.1 Å². The Morgan fingerprint density at radius 2 is 1.82 bits per heavy atom. The Morgan fingerprint density at radius 3 is 2.61 bits per heavy atom. The molecule has 168 valence electrons. The molecule has 9 heteroatoms. The largest absolute Gasteiger partial charge is 0.354 e. The van der Waals surface area contributed by atoms with Gasteiger partial charge >= 0.3 is 0 Å². The summed E-state index contributed by atoms with van der Waals surface area (Å²) in [6, 6.07) is 7.77. The molecule has 5 heterocycles. The zero-order valence-electron chi connectivity index (χ0n) is 18.8. The van der Waals surface area contributed by atoms with Gasteiger partial charge in [-0.25, -0.2) is 9.97 Å². The average molecular weight is 443 g/mol. The maximum atomic E-state index is 12.7. The van der Waals surface area contributed by atoms with Gasteiger partial charge in [0, 0.05) is 68.3 Å². The van der Waals surface area contributed by atoms with E-state index in [1.54, 1.807) is 29.5 Å². The molecule has 5 rings (SSSR count). The van der Waals surface area contributed by atoms with Gasteiger partial charge in [-0.2, -0.15) is 5.10 Å². The SMILES string of the molecule is CN1CCN(c2cc(CC(=O)Nc3cc4cc(-c5cnn(C)c5)cnc4cn3)ccn2)CC1. The Kier molecular flexibility index (Phi) is 5.70. The van der Waals surface area contributed by atoms with E-state index in [0.29, 0.717) is 5.82 Å². The fourth-order valence-electron chi connectivity index (χ4n) is 3.98. The Morgan fingerprint density at radius 1 is 0.970 bits per heavy atom. The van der Waals surface area contributed by atoms with Crippen LogP contribution in [0.25, 0.3) is 22.0 Å². The lowest BCUT2D eigenvalue weighted by atomic mass is 10.1. The van der Waals surface area contributed by atoms with E-state index in [-0.39, 0.29) is 12.3 Å². The van der Waals surface area contributed by atoms with Crippen LogP contribution in [0.3, 0.4) is 0 Å². The van der Waals surface area contributed by atoms with Crippen molar-refractivity contribution in [3.05, 3.63) is 60.8 Å². The van der Waals surface area contributed by atoms with Crippen LogP contribution in [0.5, 0.6) is 0 Å². The van der Waals surface area contributed by atoms with Crippen LogP contribution < -0.4 is 10.2 Å². The lowest BCUT2D eigenvalue weighted by Crippen LogP contribution is -2.44. The summed E-state index contributed by atoms with van der Waals surface area (Å²) >= 11 is 0. The molecule has 1 aliphatic heterocycles. The number of likely N-dealkylation sites (N-methyl/N-ethyl adjacent to an activating group) is 1. The van der Waals surface area contributed by atoms with Crippen molar-refractivity contribution >= 4 is 28.4 Å². The van der Waals surface area contributed by atoms with Crippen LogP contribution in [0.4, 0.5) is 11.6 Å². The maximum absolute atomic E-state index is 12.7. The van der Waals surface area contributed by atoms with Crippen molar-refractivity contribution in [1.82, 2.24) is 29.6 Å². The molecule has 33 heavy (non-hydrogen) atoms. The summed E-state index contributed by atoms with van der Waals surface area (Å²) in [6.07, 6.45) is 9.26. The molecule has 9 nitrogen and oxygen atoms in total. The molecule has 0 bridgehead atoms. The van der Waals surface area contributed by atoms with Crippen LogP contribution in [-0.4, -0.2) is 68.8 Å². The van der Waals surface area contributed by atoms with Gasteiger partial charge in [-0.15, -0.1) is 0 Å². The van der Waals surface area contributed by atoms with Gasteiger partial charge in [0.25, 0.3) is 0 Å². The summed E-state index contributed by atoms with van der Waals surface area (Å²) in [7, 11) is 4.01. The number of nitrogens with one attached hydrogen (secondary N) is 1. The molecule has 1 N–H and O–H groups in total. The second-order valence-corrected chi connectivity index (χ2v) is 8.43. The van der Waals surface area contributed by atoms with Gasteiger partial charge in [0.15, 0.2) is 0 Å². The Labute approximate surface area is 192 Å². The van der Waals surface area contributed by atoms with Gasteiger partial charge in [0.2, 0.25) is 5.91 Å². The van der Waals surface area contributed by atoms with Crippen LogP contribution in [0.15, 0.2) is 55.2 Å². The van der Waals surface area contributed by atoms with Gasteiger partial charge in [0.05, 0.1) is 24.3 Å². The number of aromatic nitrogens is 5. The average Bonchev–Trinajstić information content (AvgIpc) is 3.25. The van der Waals surface area contributed by atoms with Crippen LogP contribution >= 0.6 is 0 Å². The summed E-state index contributed by atoms with van der Waals surface area (Å²) in [5, 5.41) is 8.04. The molecule has 0 spiro atoms. The number of rotatable bonds is 5. The molecule has 1 amide bonds. The van der Waals surface area contributed by atoms with Crippen molar-refractivity contribution < 1.29 is 4.79 Å². The van der Waals surface area contributed by atoms with E-state index >= 15 is 0 Å². The smallest absolute Gasteiger partial charge is 0.229 e. The standard InChI is InChI=1S/C24H26N8O/c1-30-5-7-32(8-6-30)23-9-17(3-4-25-23)10-24(33)29-22-12-18-11-19(13-26-21(18)15-27-22)20-14-28-31(2)16-20/h3-4,9,11-16H,5-8,10H2,1-2H3,(H,27,29,33). The third-order valence-corrected chi connectivity index (χ3v) is 5.88. The molecule has 0 radical (unpaired) electrons. The lowest BCUT2D eigenvalue weighted by Gasteiger charge is -2.33. The molecule has 1 saturated heterocycles. The lowest BCUT2D eigenvalue weighted by molar-refractivity contribution is -0.115. The fourth-order valence-corrected chi connectivity index (χ4v) is 3.98. The highest BCUT2D eigenvalue weighted by Crippen LogP contribution is 2.23. The van der Waals surface area contributed by atoms with Gasteiger partial charge < -0.3 is 15.1 Å². The third kappa shape index (κ3) is 4.83. The predicted octanol–water partition coefficient (Wildman–Crippen LogP) is 2.36. The number of carbonyl (C=O) groups excluding carboxylic acids is 1. The van der Waals surface area contributed by atoms with Crippen molar-refractivity contribution in [3.8, 4) is 11.1 Å². The number of hydrogen-bond donors (Lipinski definition) is 1. The highest BCUT2D eigenvalue weighted by Gasteiger charge is 2.16. The monoisotopic (exact) mass is 442 g/mol. The molecule has 1 aliphatic rings. The number of pyridine rings is 3. The Hall–Kier alpha value is -3.85. The number of fused-ring (bicyclic) bond motifs is 1. The second-order valence-electron chi connectivity index (χ2n) is 8.43. The van der Waals surface area contributed by atoms with Crippen LogP contribution in [-0.2, 0) is 18.3 Å². The molecule has 0 saturated carbocycles. The fraction of sp³-hybridized carbons (Fsp3) is 0.292. The zero-order valence-corrected chi connectivity index (χ0v) is 18.8. The van der Waals surface area contributed by atoms with E-state index in [9.17, 15) is 4.79 Å². The molecule has 1 fully saturated rings. The number of amides is 1. The number of carbonyl (C=O) groups is 1. The van der Waals surface area contributed by atoms with Gasteiger partial charge in [0.1, 0.15) is 11.6 Å². The number of hydrogen-bond acceptors (Lipinski definition) is 7. The molecule has 4 aromatic rings. The summed E-state index contributed by atoms with van der Waals surface area (Å²) in [6.45, 7) is 3.90. The van der Waals surface area contributed by atoms with Crippen molar-refractivity contribution in [2.45, 2.75) is 6.42 Å². The first-order valence-corrected chi connectivity index (χ1v) is 11.0. The molecule has 4 aromatic heterocycles. The van der Waals surface area contributed by atoms with Crippen LogP contribution in [0, 0.1) is 0 Å². The summed E-state index contributed by atoms with van der Waals surface area (Å²) < 4.78 is 1.76. The first-order valence-electron chi connectivity index (χ1n) is 11.0. The van der Waals surface area contributed by atoms with Crippen molar-refractivity contribution in [3.63, 3.8) is 0 Å². The maximum Gasteiger partial charge on any atom is 0.229 e. The number of aryl methyl sites for hydroxylation is 1. The van der Waals surface area contributed by atoms with Crippen molar-refractivity contribution in [2.75, 3.05) is 43.4 Å². The second kappa shape index (κ2) is 8.95. The number of piperazine rings is 1. The van der Waals surface area contributed by atoms with Crippen LogP contribution in [0.1, 0.15) is 5.56 Å². The Bertz CT molecular complexity index is 1290. The quantitative estimate of drug-likeness (QED) is 0.507. The highest BCUT2D eigenvalue weighted by molar-refractivity contribution is 5.94. The number of nitrogens with zero attached hydrogens (tertiary/aromatic N) is 7. The molecular weight excluding hydrogens is 416 g/mol. The summed E-state index contributed by atoms with van der Waals surface area (Å²) in [5.41, 5.74) is 3.65. The van der Waals surface area contributed by atoms with Gasteiger partial charge in [-0.1, -0.05) is 0 Å².